The Kier molecular flexibility index (Phi) is 4.94. The normalized spacial score (nSPS) is 12.2. The summed E-state index contributed by atoms with van der Waals surface area (Å²) in [6.45, 7) is 3.62. The maximum absolute atomic E-state index is 13.3. The summed E-state index contributed by atoms with van der Waals surface area (Å²) in [6, 6.07) is 4.38. The van der Waals surface area contributed by atoms with Gasteiger partial charge in [-0.2, -0.15) is 0 Å². The van der Waals surface area contributed by atoms with E-state index in [1.807, 2.05) is 6.92 Å². The number of rotatable bonds is 6. The van der Waals surface area contributed by atoms with Crippen molar-refractivity contribution in [2.24, 2.45) is 0 Å². The molecule has 0 aliphatic rings. The Morgan fingerprint density at radius 3 is 2.76 bits per heavy atom. The second kappa shape index (κ2) is 6.23. The lowest BCUT2D eigenvalue weighted by atomic mass is 10.1. The molecule has 0 bridgehead atoms. The van der Waals surface area contributed by atoms with Crippen LogP contribution in [0.15, 0.2) is 18.2 Å². The fourth-order valence-electron chi connectivity index (χ4n) is 1.43. The van der Waals surface area contributed by atoms with E-state index in [9.17, 15) is 9.18 Å². The maximum atomic E-state index is 13.3. The van der Waals surface area contributed by atoms with E-state index in [1.165, 1.54) is 6.07 Å². The largest absolute Gasteiger partial charge is 0.479 e. The van der Waals surface area contributed by atoms with Crippen molar-refractivity contribution in [3.63, 3.8) is 0 Å². The molecule has 0 aromatic heterocycles. The van der Waals surface area contributed by atoms with Crippen molar-refractivity contribution < 1.29 is 19.0 Å². The van der Waals surface area contributed by atoms with Gasteiger partial charge in [-0.25, -0.2) is 9.18 Å². The summed E-state index contributed by atoms with van der Waals surface area (Å²) in [7, 11) is 0. The van der Waals surface area contributed by atoms with Gasteiger partial charge in [0.25, 0.3) is 0 Å². The van der Waals surface area contributed by atoms with Gasteiger partial charge in [0.1, 0.15) is 11.6 Å². The molecule has 1 rings (SSSR count). The molecule has 94 valence electrons. The van der Waals surface area contributed by atoms with Gasteiger partial charge in [-0.1, -0.05) is 19.4 Å². The van der Waals surface area contributed by atoms with Crippen LogP contribution in [0.5, 0.6) is 5.75 Å². The van der Waals surface area contributed by atoms with Gasteiger partial charge in [-0.3, -0.25) is 0 Å². The number of carboxylic acids is 1. The van der Waals surface area contributed by atoms with Crippen molar-refractivity contribution in [3.05, 3.63) is 29.6 Å². The third-order valence-corrected chi connectivity index (χ3v) is 2.52. The van der Waals surface area contributed by atoms with E-state index in [-0.39, 0.29) is 11.6 Å². The lowest BCUT2D eigenvalue weighted by Gasteiger charge is -2.15. The molecule has 0 spiro atoms. The van der Waals surface area contributed by atoms with Gasteiger partial charge in [0, 0.05) is 6.07 Å². The quantitative estimate of drug-likeness (QED) is 0.830. The van der Waals surface area contributed by atoms with Crippen LogP contribution in [0.25, 0.3) is 0 Å². The predicted octanol–water partition coefficient (Wildman–Crippen LogP) is 3.16. The number of aliphatic carboxylic acids is 1. The summed E-state index contributed by atoms with van der Waals surface area (Å²) in [4.78, 5) is 10.9. The Balaban J connectivity index is 2.71. The Bertz CT molecular complexity index is 390. The van der Waals surface area contributed by atoms with E-state index in [4.69, 9.17) is 9.84 Å². The van der Waals surface area contributed by atoms with Crippen molar-refractivity contribution in [2.45, 2.75) is 39.2 Å². The van der Waals surface area contributed by atoms with E-state index in [0.29, 0.717) is 12.0 Å². The van der Waals surface area contributed by atoms with Crippen molar-refractivity contribution >= 4 is 5.97 Å². The SMILES string of the molecule is CCCCC(Oc1ccc(C)c(F)c1)C(=O)O. The highest BCUT2D eigenvalue weighted by Gasteiger charge is 2.18. The number of carbonyl (C=O) groups is 1. The fraction of sp³-hybridized carbons (Fsp3) is 0.462. The Hall–Kier alpha value is -1.58. The van der Waals surface area contributed by atoms with Crippen molar-refractivity contribution in [2.75, 3.05) is 0 Å². The van der Waals surface area contributed by atoms with Crippen LogP contribution in [0.1, 0.15) is 31.7 Å². The number of halogens is 1. The summed E-state index contributed by atoms with van der Waals surface area (Å²) in [5.41, 5.74) is 0.512. The molecule has 0 radical (unpaired) electrons. The zero-order valence-corrected chi connectivity index (χ0v) is 10.1. The van der Waals surface area contributed by atoms with Crippen LogP contribution >= 0.6 is 0 Å². The topological polar surface area (TPSA) is 46.5 Å². The van der Waals surface area contributed by atoms with Crippen molar-refractivity contribution in [3.8, 4) is 5.75 Å². The van der Waals surface area contributed by atoms with Gasteiger partial charge >= 0.3 is 5.97 Å². The van der Waals surface area contributed by atoms with Gasteiger partial charge in [-0.15, -0.1) is 0 Å². The lowest BCUT2D eigenvalue weighted by Crippen LogP contribution is -2.26. The highest BCUT2D eigenvalue weighted by molar-refractivity contribution is 5.72. The van der Waals surface area contributed by atoms with Gasteiger partial charge in [0.15, 0.2) is 6.10 Å². The van der Waals surface area contributed by atoms with Gasteiger partial charge in [0.05, 0.1) is 0 Å². The van der Waals surface area contributed by atoms with E-state index in [1.54, 1.807) is 19.1 Å². The molecule has 1 aromatic rings. The molecule has 0 heterocycles. The van der Waals surface area contributed by atoms with Crippen LogP contribution in [-0.2, 0) is 4.79 Å². The summed E-state index contributed by atoms with van der Waals surface area (Å²) in [5.74, 6) is -1.14. The maximum Gasteiger partial charge on any atom is 0.344 e. The molecule has 1 N–H and O–H groups in total. The molecule has 0 aliphatic carbocycles. The zero-order valence-electron chi connectivity index (χ0n) is 10.1. The average Bonchev–Trinajstić information content (AvgIpc) is 2.28. The summed E-state index contributed by atoms with van der Waals surface area (Å²) in [6.07, 6.45) is 1.19. The number of benzene rings is 1. The first-order chi connectivity index (χ1) is 8.04. The third-order valence-electron chi connectivity index (χ3n) is 2.52. The summed E-state index contributed by atoms with van der Waals surface area (Å²) in [5, 5.41) is 8.97. The van der Waals surface area contributed by atoms with Crippen molar-refractivity contribution in [1.29, 1.82) is 0 Å². The molecular weight excluding hydrogens is 223 g/mol. The predicted molar refractivity (Wildman–Crippen MR) is 62.7 cm³/mol. The second-order valence-corrected chi connectivity index (χ2v) is 4.00. The molecule has 0 aliphatic heterocycles. The summed E-state index contributed by atoms with van der Waals surface area (Å²) < 4.78 is 18.5. The number of hydrogen-bond acceptors (Lipinski definition) is 2. The van der Waals surface area contributed by atoms with Gasteiger partial charge < -0.3 is 9.84 Å². The van der Waals surface area contributed by atoms with Crippen LogP contribution in [0.3, 0.4) is 0 Å². The number of hydrogen-bond donors (Lipinski definition) is 1. The Morgan fingerprint density at radius 2 is 2.24 bits per heavy atom. The number of aryl methyl sites for hydroxylation is 1. The minimum atomic E-state index is -1.01. The van der Waals surface area contributed by atoms with E-state index < -0.39 is 12.1 Å². The first kappa shape index (κ1) is 13.5. The molecule has 1 aromatic carbocycles. The average molecular weight is 240 g/mol. The first-order valence-corrected chi connectivity index (χ1v) is 5.70. The van der Waals surface area contributed by atoms with Crippen LogP contribution in [0.2, 0.25) is 0 Å². The van der Waals surface area contributed by atoms with Gasteiger partial charge in [0.2, 0.25) is 0 Å². The van der Waals surface area contributed by atoms with E-state index >= 15 is 0 Å². The Labute approximate surface area is 100 Å². The first-order valence-electron chi connectivity index (χ1n) is 5.70. The second-order valence-electron chi connectivity index (χ2n) is 4.00. The van der Waals surface area contributed by atoms with E-state index in [2.05, 4.69) is 0 Å². The molecule has 4 heteroatoms. The van der Waals surface area contributed by atoms with Crippen LogP contribution in [0, 0.1) is 12.7 Å². The molecule has 0 fully saturated rings. The molecule has 0 saturated carbocycles. The molecule has 0 saturated heterocycles. The third kappa shape index (κ3) is 4.06. The zero-order chi connectivity index (χ0) is 12.8. The molecular formula is C13H17FO3. The van der Waals surface area contributed by atoms with E-state index in [0.717, 1.165) is 12.8 Å². The monoisotopic (exact) mass is 240 g/mol. The molecule has 3 nitrogen and oxygen atoms in total. The number of carboxylic acid groups (broad SMARTS) is 1. The fourth-order valence-corrected chi connectivity index (χ4v) is 1.43. The minimum absolute atomic E-state index is 0.261. The number of ether oxygens (including phenoxy) is 1. The van der Waals surface area contributed by atoms with Crippen LogP contribution in [0.4, 0.5) is 4.39 Å². The van der Waals surface area contributed by atoms with Crippen LogP contribution in [-0.4, -0.2) is 17.2 Å². The Morgan fingerprint density at radius 1 is 1.53 bits per heavy atom. The van der Waals surface area contributed by atoms with Crippen molar-refractivity contribution in [1.82, 2.24) is 0 Å². The molecule has 1 unspecified atom stereocenters. The molecule has 1 atom stereocenters. The number of unbranched alkanes of at least 4 members (excludes halogenated alkanes) is 1. The standard InChI is InChI=1S/C13H17FO3/c1-3-4-5-12(13(15)16)17-10-7-6-9(2)11(14)8-10/h6-8,12H,3-5H2,1-2H3,(H,15,16). The highest BCUT2D eigenvalue weighted by atomic mass is 19.1. The molecule has 17 heavy (non-hydrogen) atoms. The highest BCUT2D eigenvalue weighted by Crippen LogP contribution is 2.18. The van der Waals surface area contributed by atoms with Gasteiger partial charge in [-0.05, 0) is 31.4 Å². The van der Waals surface area contributed by atoms with Crippen LogP contribution < -0.4 is 4.74 Å². The lowest BCUT2D eigenvalue weighted by molar-refractivity contribution is -0.145. The molecule has 0 amide bonds. The summed E-state index contributed by atoms with van der Waals surface area (Å²) >= 11 is 0. The smallest absolute Gasteiger partial charge is 0.344 e. The minimum Gasteiger partial charge on any atom is -0.479 e.